The third kappa shape index (κ3) is 1.38. The van der Waals surface area contributed by atoms with Crippen LogP contribution in [0.1, 0.15) is 5.56 Å². The van der Waals surface area contributed by atoms with Crippen LogP contribution in [0.25, 0.3) is 0 Å². The molecule has 0 spiro atoms. The first-order chi connectivity index (χ1) is 4.75. The summed E-state index contributed by atoms with van der Waals surface area (Å²) >= 11 is 5.64. The summed E-state index contributed by atoms with van der Waals surface area (Å²) in [4.78, 5) is 0. The fourth-order valence-corrected chi connectivity index (χ4v) is 1.89. The van der Waals surface area contributed by atoms with Crippen molar-refractivity contribution in [1.29, 1.82) is 0 Å². The minimum Gasteiger partial charge on any atom is -0.205 e. The lowest BCUT2D eigenvalue weighted by atomic mass is 10.2. The molecule has 0 aliphatic carbocycles. The van der Waals surface area contributed by atoms with Gasteiger partial charge in [0.2, 0.25) is 0 Å². The molecule has 0 unspecified atom stereocenters. The van der Waals surface area contributed by atoms with E-state index in [4.69, 9.17) is 11.6 Å². The Kier molecular flexibility index (Phi) is 2.46. The second kappa shape index (κ2) is 3.17. The maximum absolute atomic E-state index is 12.6. The minimum absolute atomic E-state index is 0.289. The minimum atomic E-state index is -0.310. The van der Waals surface area contributed by atoms with E-state index in [-0.39, 0.29) is 10.8 Å². The van der Waals surface area contributed by atoms with E-state index in [1.807, 2.05) is 6.07 Å². The van der Waals surface area contributed by atoms with E-state index in [2.05, 4.69) is 0 Å². The third-order valence-corrected chi connectivity index (χ3v) is 2.60. The van der Waals surface area contributed by atoms with E-state index < -0.39 is 0 Å². The summed E-state index contributed by atoms with van der Waals surface area (Å²) in [5, 5.41) is 0.289. The quantitative estimate of drug-likeness (QED) is 0.564. The number of hydrogen-bond donors (Lipinski definition) is 0. The van der Waals surface area contributed by atoms with Crippen molar-refractivity contribution in [2.45, 2.75) is 6.04 Å². The molecule has 1 rings (SSSR count). The van der Waals surface area contributed by atoms with Crippen molar-refractivity contribution in [3.8, 4) is 0 Å². The number of benzene rings is 1. The largest absolute Gasteiger partial charge is 0.205 e. The van der Waals surface area contributed by atoms with Crippen LogP contribution in [0, 0.1) is 5.82 Å². The predicted molar refractivity (Wildman–Crippen MR) is 45.1 cm³/mol. The fourth-order valence-electron chi connectivity index (χ4n) is 0.822. The van der Waals surface area contributed by atoms with Gasteiger partial charge in [-0.1, -0.05) is 23.7 Å². The zero-order valence-corrected chi connectivity index (χ0v) is 8.45. The van der Waals surface area contributed by atoms with Crippen LogP contribution in [0.3, 0.4) is 0 Å². The number of rotatable bonds is 1. The van der Waals surface area contributed by atoms with Crippen molar-refractivity contribution >= 4 is 21.8 Å². The van der Waals surface area contributed by atoms with Crippen LogP contribution >= 0.6 is 11.6 Å². The highest BCUT2D eigenvalue weighted by Gasteiger charge is 2.01. The van der Waals surface area contributed by atoms with Crippen LogP contribution in [0.4, 0.5) is 4.39 Å². The van der Waals surface area contributed by atoms with E-state index in [1.54, 1.807) is 6.07 Å². The van der Waals surface area contributed by atoms with Crippen LogP contribution in [-0.2, 0) is 6.04 Å². The molecule has 0 amide bonds. The fraction of sp³-hybridized carbons (Fsp3) is 0.143. The molecule has 0 bridgehead atoms. The SMILES string of the molecule is Fc1cccc(C[SiH3])c1Cl. The molecule has 54 valence electrons. The first kappa shape index (κ1) is 7.76. The van der Waals surface area contributed by atoms with Gasteiger partial charge in [-0.3, -0.25) is 0 Å². The van der Waals surface area contributed by atoms with Gasteiger partial charge in [0, 0.05) is 10.2 Å². The van der Waals surface area contributed by atoms with Gasteiger partial charge < -0.3 is 0 Å². The molecule has 0 saturated carbocycles. The molecule has 0 saturated heterocycles. The van der Waals surface area contributed by atoms with E-state index in [0.717, 1.165) is 21.9 Å². The monoisotopic (exact) mass is 174 g/mol. The highest BCUT2D eigenvalue weighted by Crippen LogP contribution is 2.18. The third-order valence-electron chi connectivity index (χ3n) is 1.41. The molecule has 1 aromatic carbocycles. The zero-order valence-electron chi connectivity index (χ0n) is 5.70. The molecule has 0 aliphatic rings. The Bertz CT molecular complexity index is 237. The van der Waals surface area contributed by atoms with Crippen LogP contribution < -0.4 is 0 Å². The topological polar surface area (TPSA) is 0 Å². The Morgan fingerprint density at radius 3 is 2.70 bits per heavy atom. The Labute approximate surface area is 67.4 Å². The summed E-state index contributed by atoms with van der Waals surface area (Å²) in [6.45, 7) is 0. The highest BCUT2D eigenvalue weighted by molar-refractivity contribution is 6.32. The van der Waals surface area contributed by atoms with E-state index in [0.29, 0.717) is 0 Å². The Hall–Kier alpha value is -0.343. The van der Waals surface area contributed by atoms with Crippen molar-refractivity contribution < 1.29 is 4.39 Å². The molecule has 0 radical (unpaired) electrons. The van der Waals surface area contributed by atoms with E-state index in [1.165, 1.54) is 6.07 Å². The summed E-state index contributed by atoms with van der Waals surface area (Å²) in [5.74, 6) is -0.310. The lowest BCUT2D eigenvalue weighted by Gasteiger charge is -1.99. The molecular weight excluding hydrogens is 167 g/mol. The zero-order chi connectivity index (χ0) is 7.56. The van der Waals surface area contributed by atoms with E-state index >= 15 is 0 Å². The second-order valence-corrected chi connectivity index (χ2v) is 3.15. The molecule has 0 heterocycles. The van der Waals surface area contributed by atoms with Crippen molar-refractivity contribution in [3.63, 3.8) is 0 Å². The first-order valence-electron chi connectivity index (χ1n) is 3.18. The van der Waals surface area contributed by atoms with Gasteiger partial charge in [0.25, 0.3) is 0 Å². The highest BCUT2D eigenvalue weighted by atomic mass is 35.5. The smallest absolute Gasteiger partial charge is 0.142 e. The van der Waals surface area contributed by atoms with Crippen molar-refractivity contribution in [2.75, 3.05) is 0 Å². The van der Waals surface area contributed by atoms with Gasteiger partial charge in [0.15, 0.2) is 0 Å². The van der Waals surface area contributed by atoms with Gasteiger partial charge in [0.1, 0.15) is 5.82 Å². The van der Waals surface area contributed by atoms with Crippen LogP contribution in [0.2, 0.25) is 5.02 Å². The molecule has 1 aromatic rings. The van der Waals surface area contributed by atoms with Crippen LogP contribution in [0.5, 0.6) is 0 Å². The average molecular weight is 175 g/mol. The van der Waals surface area contributed by atoms with Crippen molar-refractivity contribution in [3.05, 3.63) is 34.6 Å². The average Bonchev–Trinajstić information content (AvgIpc) is 1.95. The van der Waals surface area contributed by atoms with Gasteiger partial charge in [0.05, 0.1) is 5.02 Å². The van der Waals surface area contributed by atoms with Crippen molar-refractivity contribution in [1.82, 2.24) is 0 Å². The van der Waals surface area contributed by atoms with Crippen LogP contribution in [-0.4, -0.2) is 10.2 Å². The van der Waals surface area contributed by atoms with Gasteiger partial charge in [-0.25, -0.2) is 4.39 Å². The Morgan fingerprint density at radius 1 is 1.50 bits per heavy atom. The maximum atomic E-state index is 12.6. The molecule has 10 heavy (non-hydrogen) atoms. The second-order valence-electron chi connectivity index (χ2n) is 2.07. The van der Waals surface area contributed by atoms with Crippen LogP contribution in [0.15, 0.2) is 18.2 Å². The molecule has 0 aliphatic heterocycles. The van der Waals surface area contributed by atoms with Gasteiger partial charge in [-0.15, -0.1) is 0 Å². The molecule has 0 atom stereocenters. The van der Waals surface area contributed by atoms with Gasteiger partial charge >= 0.3 is 0 Å². The molecule has 3 heteroatoms. The first-order valence-corrected chi connectivity index (χ1v) is 4.97. The lowest BCUT2D eigenvalue weighted by molar-refractivity contribution is 0.627. The number of hydrogen-bond acceptors (Lipinski definition) is 0. The number of halogens is 2. The van der Waals surface area contributed by atoms with Crippen molar-refractivity contribution in [2.24, 2.45) is 0 Å². The molecule has 0 aromatic heterocycles. The molecule has 0 N–H and O–H groups in total. The molecule has 0 fully saturated rings. The standard InChI is InChI=1S/C7H8ClFSi/c8-7-5(4-10)2-1-3-6(7)9/h1-3H,4H2,10H3. The Balaban J connectivity index is 3.14. The maximum Gasteiger partial charge on any atom is 0.142 e. The lowest BCUT2D eigenvalue weighted by Crippen LogP contribution is -1.87. The summed E-state index contributed by atoms with van der Waals surface area (Å²) in [6, 6.07) is 5.84. The normalized spacial score (nSPS) is 10.2. The van der Waals surface area contributed by atoms with Gasteiger partial charge in [-0.2, -0.15) is 0 Å². The summed E-state index contributed by atoms with van der Waals surface area (Å²) < 4.78 is 12.6. The van der Waals surface area contributed by atoms with E-state index in [9.17, 15) is 4.39 Å². The predicted octanol–water partition coefficient (Wildman–Crippen LogP) is 1.34. The summed E-state index contributed by atoms with van der Waals surface area (Å²) in [7, 11) is 1.02. The summed E-state index contributed by atoms with van der Waals surface area (Å²) in [5.41, 5.74) is 0.924. The molecule has 0 nitrogen and oxygen atoms in total. The molecular formula is C7H8ClFSi. The van der Waals surface area contributed by atoms with Gasteiger partial charge in [-0.05, 0) is 17.7 Å². The Morgan fingerprint density at radius 2 is 2.20 bits per heavy atom. The summed E-state index contributed by atoms with van der Waals surface area (Å²) in [6.07, 6.45) is 0.